The number of hydrogen-bond donors (Lipinski definition) is 2. The van der Waals surface area contributed by atoms with Crippen molar-refractivity contribution in [3.8, 4) is 0 Å². The summed E-state index contributed by atoms with van der Waals surface area (Å²) in [4.78, 5) is 0. The summed E-state index contributed by atoms with van der Waals surface area (Å²) in [6, 6.07) is 3.37. The molecule has 0 bridgehead atoms. The fourth-order valence-electron chi connectivity index (χ4n) is 1.12. The summed E-state index contributed by atoms with van der Waals surface area (Å²) in [5, 5.41) is 16.0. The van der Waals surface area contributed by atoms with Gasteiger partial charge in [0.1, 0.15) is 0 Å². The maximum absolute atomic E-state index is 11.7. The molecule has 0 aromatic carbocycles. The maximum Gasteiger partial charge on any atom is 0.279 e. The monoisotopic (exact) mass is 260 g/mol. The highest BCUT2D eigenvalue weighted by Crippen LogP contribution is 1.98. The predicted octanol–water partition coefficient (Wildman–Crippen LogP) is -0.875. The molecule has 0 spiro atoms. The normalized spacial score (nSPS) is 11.9. The Kier molecular flexibility index (Phi) is 5.42. The second-order valence-electron chi connectivity index (χ2n) is 3.44. The lowest BCUT2D eigenvalue weighted by Crippen LogP contribution is -2.38. The second kappa shape index (κ2) is 6.60. The van der Waals surface area contributed by atoms with E-state index in [1.807, 2.05) is 0 Å². The van der Waals surface area contributed by atoms with Crippen molar-refractivity contribution in [1.82, 2.24) is 19.2 Å². The molecule has 2 N–H and O–H groups in total. The van der Waals surface area contributed by atoms with Gasteiger partial charge in [-0.2, -0.15) is 27.6 Å². The molecule has 96 valence electrons. The van der Waals surface area contributed by atoms with Gasteiger partial charge in [-0.15, -0.1) is 0 Å². The number of nitrogens with zero attached hydrogens (tertiary/aromatic N) is 3. The first-order valence-corrected chi connectivity index (χ1v) is 6.58. The van der Waals surface area contributed by atoms with Crippen molar-refractivity contribution in [2.24, 2.45) is 0 Å². The first kappa shape index (κ1) is 14.0. The number of aliphatic hydroxyl groups excluding tert-OH is 1. The van der Waals surface area contributed by atoms with Crippen molar-refractivity contribution in [2.45, 2.75) is 13.0 Å². The molecule has 1 aromatic heterocycles. The number of nitrogens with one attached hydrogen (secondary N) is 1. The van der Waals surface area contributed by atoms with E-state index in [4.69, 9.17) is 5.11 Å². The van der Waals surface area contributed by atoms with Crippen molar-refractivity contribution in [3.05, 3.63) is 24.0 Å². The predicted molar refractivity (Wildman–Crippen MR) is 62.1 cm³/mol. The minimum Gasteiger partial charge on any atom is -0.396 e. The zero-order valence-electron chi connectivity index (χ0n) is 9.57. The lowest BCUT2D eigenvalue weighted by atomic mass is 10.4. The minimum atomic E-state index is -3.53. The SMILES string of the molecule is CN(CCCO)S(=O)(=O)NCc1cccnn1. The summed E-state index contributed by atoms with van der Waals surface area (Å²) in [6.07, 6.45) is 1.92. The van der Waals surface area contributed by atoms with Crippen LogP contribution >= 0.6 is 0 Å². The van der Waals surface area contributed by atoms with E-state index in [9.17, 15) is 8.42 Å². The molecule has 0 saturated heterocycles. The standard InChI is InChI=1S/C9H16N4O3S/c1-13(6-3-7-14)17(15,16)11-8-9-4-2-5-10-12-9/h2,4-5,11,14H,3,6-8H2,1H3. The van der Waals surface area contributed by atoms with E-state index in [1.54, 1.807) is 12.1 Å². The van der Waals surface area contributed by atoms with Gasteiger partial charge in [0.05, 0.1) is 12.2 Å². The third-order valence-electron chi connectivity index (χ3n) is 2.10. The highest BCUT2D eigenvalue weighted by molar-refractivity contribution is 7.87. The fourth-order valence-corrected chi connectivity index (χ4v) is 2.04. The van der Waals surface area contributed by atoms with E-state index >= 15 is 0 Å². The van der Waals surface area contributed by atoms with Gasteiger partial charge in [0.2, 0.25) is 0 Å². The van der Waals surface area contributed by atoms with E-state index < -0.39 is 10.2 Å². The summed E-state index contributed by atoms with van der Waals surface area (Å²) in [7, 11) is -2.07. The van der Waals surface area contributed by atoms with Crippen LogP contribution in [0.25, 0.3) is 0 Å². The van der Waals surface area contributed by atoms with Gasteiger partial charge in [0, 0.05) is 26.4 Å². The molecule has 0 fully saturated rings. The van der Waals surface area contributed by atoms with Gasteiger partial charge in [-0.3, -0.25) is 0 Å². The van der Waals surface area contributed by atoms with Crippen molar-refractivity contribution in [1.29, 1.82) is 0 Å². The summed E-state index contributed by atoms with van der Waals surface area (Å²) in [6.45, 7) is 0.329. The number of aliphatic hydroxyl groups is 1. The Morgan fingerprint density at radius 2 is 2.29 bits per heavy atom. The molecule has 0 amide bonds. The quantitative estimate of drug-likeness (QED) is 0.664. The molecule has 1 rings (SSSR count). The van der Waals surface area contributed by atoms with Gasteiger partial charge in [0.25, 0.3) is 10.2 Å². The number of hydrogen-bond acceptors (Lipinski definition) is 5. The molecule has 7 nitrogen and oxygen atoms in total. The van der Waals surface area contributed by atoms with Crippen LogP contribution < -0.4 is 4.72 Å². The molecule has 0 aliphatic rings. The van der Waals surface area contributed by atoms with E-state index in [0.717, 1.165) is 4.31 Å². The third kappa shape index (κ3) is 4.73. The van der Waals surface area contributed by atoms with Crippen LogP contribution in [-0.2, 0) is 16.8 Å². The molecule has 1 aromatic rings. The Morgan fingerprint density at radius 3 is 2.88 bits per heavy atom. The Balaban J connectivity index is 2.50. The number of aromatic nitrogens is 2. The first-order valence-electron chi connectivity index (χ1n) is 5.14. The Labute approximate surface area is 101 Å². The van der Waals surface area contributed by atoms with Crippen LogP contribution in [0.5, 0.6) is 0 Å². The van der Waals surface area contributed by atoms with Crippen LogP contribution in [0.15, 0.2) is 18.3 Å². The van der Waals surface area contributed by atoms with Gasteiger partial charge < -0.3 is 5.11 Å². The first-order chi connectivity index (χ1) is 8.06. The van der Waals surface area contributed by atoms with Crippen LogP contribution in [0.4, 0.5) is 0 Å². The van der Waals surface area contributed by atoms with Crippen LogP contribution in [0, 0.1) is 0 Å². The molecule has 0 radical (unpaired) electrons. The molecule has 0 saturated carbocycles. The van der Waals surface area contributed by atoms with Crippen molar-refractivity contribution in [2.75, 3.05) is 20.2 Å². The van der Waals surface area contributed by atoms with E-state index in [2.05, 4.69) is 14.9 Å². The fraction of sp³-hybridized carbons (Fsp3) is 0.556. The second-order valence-corrected chi connectivity index (χ2v) is 5.30. The van der Waals surface area contributed by atoms with E-state index in [0.29, 0.717) is 12.1 Å². The molecular weight excluding hydrogens is 244 g/mol. The topological polar surface area (TPSA) is 95.4 Å². The number of rotatable bonds is 7. The summed E-state index contributed by atoms with van der Waals surface area (Å²) < 4.78 is 26.9. The van der Waals surface area contributed by atoms with Crippen LogP contribution in [0.1, 0.15) is 12.1 Å². The van der Waals surface area contributed by atoms with Crippen LogP contribution in [0.2, 0.25) is 0 Å². The molecular formula is C9H16N4O3S. The van der Waals surface area contributed by atoms with E-state index in [1.165, 1.54) is 13.2 Å². The average Bonchev–Trinajstić information content (AvgIpc) is 2.35. The van der Waals surface area contributed by atoms with Crippen molar-refractivity contribution in [3.63, 3.8) is 0 Å². The van der Waals surface area contributed by atoms with Crippen molar-refractivity contribution < 1.29 is 13.5 Å². The molecule has 0 aliphatic heterocycles. The molecule has 0 unspecified atom stereocenters. The third-order valence-corrected chi connectivity index (χ3v) is 3.62. The van der Waals surface area contributed by atoms with Crippen LogP contribution in [-0.4, -0.2) is 48.2 Å². The zero-order chi connectivity index (χ0) is 12.7. The highest BCUT2D eigenvalue weighted by atomic mass is 32.2. The highest BCUT2D eigenvalue weighted by Gasteiger charge is 2.16. The Morgan fingerprint density at radius 1 is 1.53 bits per heavy atom. The maximum atomic E-state index is 11.7. The Hall–Kier alpha value is -1.09. The van der Waals surface area contributed by atoms with E-state index in [-0.39, 0.29) is 19.7 Å². The smallest absolute Gasteiger partial charge is 0.279 e. The van der Waals surface area contributed by atoms with Gasteiger partial charge in [-0.1, -0.05) is 0 Å². The minimum absolute atomic E-state index is 0.0377. The van der Waals surface area contributed by atoms with Crippen molar-refractivity contribution >= 4 is 10.2 Å². The molecule has 0 atom stereocenters. The van der Waals surface area contributed by atoms with Gasteiger partial charge in [0.15, 0.2) is 0 Å². The molecule has 8 heteroatoms. The van der Waals surface area contributed by atoms with Gasteiger partial charge >= 0.3 is 0 Å². The lowest BCUT2D eigenvalue weighted by molar-refractivity contribution is 0.275. The summed E-state index contributed by atoms with van der Waals surface area (Å²) in [5.41, 5.74) is 0.548. The van der Waals surface area contributed by atoms with Crippen LogP contribution in [0.3, 0.4) is 0 Å². The van der Waals surface area contributed by atoms with Gasteiger partial charge in [-0.05, 0) is 18.6 Å². The molecule has 1 heterocycles. The lowest BCUT2D eigenvalue weighted by Gasteiger charge is -2.16. The molecule has 17 heavy (non-hydrogen) atoms. The summed E-state index contributed by atoms with van der Waals surface area (Å²) in [5.74, 6) is 0. The average molecular weight is 260 g/mol. The molecule has 0 aliphatic carbocycles. The summed E-state index contributed by atoms with van der Waals surface area (Å²) >= 11 is 0. The zero-order valence-corrected chi connectivity index (χ0v) is 10.4. The Bertz CT molecular complexity index is 423. The van der Waals surface area contributed by atoms with Gasteiger partial charge in [-0.25, -0.2) is 0 Å². The largest absolute Gasteiger partial charge is 0.396 e.